The first-order chi connectivity index (χ1) is 24.8. The Morgan fingerprint density at radius 1 is 0.627 bits per heavy atom. The molecule has 0 spiro atoms. The highest BCUT2D eigenvalue weighted by Gasteiger charge is 2.53. The predicted octanol–water partition coefficient (Wildman–Crippen LogP) is -0.135. The van der Waals surface area contributed by atoms with Gasteiger partial charge in [-0.3, -0.25) is 20.2 Å². The van der Waals surface area contributed by atoms with Gasteiger partial charge in [0, 0.05) is 37.9 Å². The van der Waals surface area contributed by atoms with E-state index >= 15 is 0 Å². The number of fused-ring (bicyclic) bond motifs is 3. The lowest BCUT2D eigenvalue weighted by Crippen LogP contribution is -2.61. The molecule has 5 N–H and O–H groups in total. The summed E-state index contributed by atoms with van der Waals surface area (Å²) < 4.78 is 44.6. The Morgan fingerprint density at radius 2 is 1.06 bits per heavy atom. The summed E-state index contributed by atoms with van der Waals surface area (Å²) in [6, 6.07) is 0. The number of carbonyl (C=O) groups excluding carboxylic acids is 2. The van der Waals surface area contributed by atoms with Crippen molar-refractivity contribution >= 4 is 11.8 Å². The van der Waals surface area contributed by atoms with Crippen molar-refractivity contribution in [2.75, 3.05) is 112 Å². The lowest BCUT2D eigenvalue weighted by Gasteiger charge is -2.50. The zero-order valence-corrected chi connectivity index (χ0v) is 29.9. The largest absolute Gasteiger partial charge is 0.390 e. The number of aliphatic hydroxyl groups is 1. The van der Waals surface area contributed by atoms with E-state index in [1.807, 2.05) is 0 Å². The van der Waals surface area contributed by atoms with Crippen molar-refractivity contribution in [2.45, 2.75) is 62.9 Å². The Labute approximate surface area is 303 Å². The van der Waals surface area contributed by atoms with Gasteiger partial charge in [0.2, 0.25) is 11.8 Å². The minimum absolute atomic E-state index is 0.0119. The fourth-order valence-corrected chi connectivity index (χ4v) is 5.58. The van der Waals surface area contributed by atoms with E-state index < -0.39 is 16.9 Å². The van der Waals surface area contributed by atoms with Gasteiger partial charge in [-0.2, -0.15) is 0 Å². The van der Waals surface area contributed by atoms with Crippen LogP contribution in [0.4, 0.5) is 0 Å². The lowest BCUT2D eigenvalue weighted by molar-refractivity contribution is -0.266. The van der Waals surface area contributed by atoms with Crippen LogP contribution in [-0.2, 0) is 47.5 Å². The molecular formula is C36H58N4O11. The Kier molecular flexibility index (Phi) is 23.4. The first-order valence-electron chi connectivity index (χ1n) is 17.6. The Morgan fingerprint density at radius 3 is 1.51 bits per heavy atom. The summed E-state index contributed by atoms with van der Waals surface area (Å²) in [7, 11) is 0. The number of nitrogens with one attached hydrogen (secondary N) is 4. The fourth-order valence-electron chi connectivity index (χ4n) is 5.58. The lowest BCUT2D eigenvalue weighted by atomic mass is 9.58. The van der Waals surface area contributed by atoms with Gasteiger partial charge in [-0.1, -0.05) is 17.8 Å². The van der Waals surface area contributed by atoms with Gasteiger partial charge in [0.1, 0.15) is 33.3 Å². The fraction of sp³-hybridized carbons (Fsp3) is 0.778. The quantitative estimate of drug-likeness (QED) is 0.0353. The standard InChI is InChI=1S/C36H58N4O11/c1-4-18-44-24-27-47-21-15-37-30-50-36(51-31-38-16-22-48-28-25-45-19-5-2,8-7-32(41)39-17-23-49-29-26-46-20-6-3)40-33(42)34-9-12-35(43,13-10-34)14-11-34/h1-3,37-38,43H,7-31H2,(H,39,41)(H,40,42). The summed E-state index contributed by atoms with van der Waals surface area (Å²) in [5, 5.41) is 22.9. The van der Waals surface area contributed by atoms with Gasteiger partial charge >= 0.3 is 0 Å². The first-order valence-corrected chi connectivity index (χ1v) is 17.6. The van der Waals surface area contributed by atoms with Crippen LogP contribution in [0.15, 0.2) is 0 Å². The second-order valence-corrected chi connectivity index (χ2v) is 12.2. The third-order valence-electron chi connectivity index (χ3n) is 8.58. The molecule has 3 fully saturated rings. The third kappa shape index (κ3) is 19.0. The summed E-state index contributed by atoms with van der Waals surface area (Å²) in [5.74, 6) is 5.03. The van der Waals surface area contributed by atoms with Crippen molar-refractivity contribution in [3.8, 4) is 37.0 Å². The van der Waals surface area contributed by atoms with Gasteiger partial charge in [-0.25, -0.2) is 0 Å². The zero-order chi connectivity index (χ0) is 36.9. The van der Waals surface area contributed by atoms with Crippen LogP contribution in [0.5, 0.6) is 0 Å². The van der Waals surface area contributed by atoms with Gasteiger partial charge < -0.3 is 53.6 Å². The second-order valence-electron chi connectivity index (χ2n) is 12.2. The molecule has 2 amide bonds. The third-order valence-corrected chi connectivity index (χ3v) is 8.58. The maximum atomic E-state index is 14.0. The highest BCUT2D eigenvalue weighted by Crippen LogP contribution is 2.52. The molecule has 3 aliphatic carbocycles. The molecule has 0 unspecified atom stereocenters. The van der Waals surface area contributed by atoms with Gasteiger partial charge in [-0.05, 0) is 38.5 Å². The van der Waals surface area contributed by atoms with Crippen LogP contribution in [0.3, 0.4) is 0 Å². The molecule has 0 atom stereocenters. The van der Waals surface area contributed by atoms with Crippen LogP contribution in [0.25, 0.3) is 0 Å². The van der Waals surface area contributed by atoms with Crippen LogP contribution in [-0.4, -0.2) is 141 Å². The van der Waals surface area contributed by atoms with E-state index in [1.54, 1.807) is 0 Å². The number of carbonyl (C=O) groups is 2. The van der Waals surface area contributed by atoms with Crippen LogP contribution < -0.4 is 21.3 Å². The molecule has 0 heterocycles. The highest BCUT2D eigenvalue weighted by molar-refractivity contribution is 5.83. The first kappa shape index (κ1) is 44.3. The summed E-state index contributed by atoms with van der Waals surface area (Å²) in [6.45, 7) is 5.11. The number of hydrogen-bond acceptors (Lipinski definition) is 13. The van der Waals surface area contributed by atoms with Crippen molar-refractivity contribution in [1.82, 2.24) is 21.3 Å². The summed E-state index contributed by atoms with van der Waals surface area (Å²) >= 11 is 0. The van der Waals surface area contributed by atoms with E-state index in [2.05, 4.69) is 39.0 Å². The molecular weight excluding hydrogens is 664 g/mol. The van der Waals surface area contributed by atoms with E-state index in [-0.39, 0.29) is 64.5 Å². The second kappa shape index (κ2) is 26.9. The minimum Gasteiger partial charge on any atom is -0.390 e. The monoisotopic (exact) mass is 722 g/mol. The average molecular weight is 723 g/mol. The van der Waals surface area contributed by atoms with Gasteiger partial charge in [0.05, 0.1) is 65.1 Å². The predicted molar refractivity (Wildman–Crippen MR) is 188 cm³/mol. The van der Waals surface area contributed by atoms with E-state index in [1.165, 1.54) is 0 Å². The molecule has 15 nitrogen and oxygen atoms in total. The van der Waals surface area contributed by atoms with E-state index in [9.17, 15) is 14.7 Å². The van der Waals surface area contributed by atoms with Crippen molar-refractivity contribution in [1.29, 1.82) is 0 Å². The maximum absolute atomic E-state index is 14.0. The van der Waals surface area contributed by atoms with Crippen molar-refractivity contribution in [3.63, 3.8) is 0 Å². The molecule has 2 bridgehead atoms. The number of amides is 2. The molecule has 0 radical (unpaired) electrons. The molecule has 3 aliphatic rings. The summed E-state index contributed by atoms with van der Waals surface area (Å²) in [6.07, 6.45) is 18.9. The average Bonchev–Trinajstić information content (AvgIpc) is 3.13. The van der Waals surface area contributed by atoms with Crippen LogP contribution in [0.2, 0.25) is 0 Å². The van der Waals surface area contributed by atoms with Crippen LogP contribution in [0, 0.1) is 42.4 Å². The van der Waals surface area contributed by atoms with Gasteiger partial charge in [-0.15, -0.1) is 19.3 Å². The van der Waals surface area contributed by atoms with Crippen LogP contribution >= 0.6 is 0 Å². The summed E-state index contributed by atoms with van der Waals surface area (Å²) in [5.41, 5.74) is -1.36. The molecule has 15 heteroatoms. The van der Waals surface area contributed by atoms with Crippen molar-refractivity contribution in [3.05, 3.63) is 0 Å². The topological polar surface area (TPSA) is 176 Å². The number of rotatable bonds is 32. The normalized spacial score (nSPS) is 19.6. The van der Waals surface area contributed by atoms with Crippen molar-refractivity contribution < 1.29 is 52.6 Å². The molecule has 0 aromatic carbocycles. The smallest absolute Gasteiger partial charge is 0.254 e. The molecule has 3 saturated carbocycles. The minimum atomic E-state index is -1.66. The van der Waals surface area contributed by atoms with Gasteiger partial charge in [0.25, 0.3) is 5.91 Å². The SMILES string of the molecule is C#CCOCCOCCNCOC(CCC(=O)NCCOCCOCC#C)(NC(=O)C12CCC(O)(CC1)CC2)OCNCCOCCOCC#C. The van der Waals surface area contributed by atoms with E-state index in [0.717, 1.165) is 0 Å². The molecule has 0 saturated heterocycles. The van der Waals surface area contributed by atoms with Gasteiger partial charge in [0.15, 0.2) is 0 Å². The van der Waals surface area contributed by atoms with E-state index in [0.29, 0.717) is 111 Å². The Balaban J connectivity index is 2.01. The Bertz CT molecular complexity index is 1050. The highest BCUT2D eigenvalue weighted by atomic mass is 16.7. The Hall–Kier alpha value is -2.82. The summed E-state index contributed by atoms with van der Waals surface area (Å²) in [4.78, 5) is 26.9. The number of ether oxygens (including phenoxy) is 8. The van der Waals surface area contributed by atoms with Crippen LogP contribution in [0.1, 0.15) is 51.4 Å². The molecule has 0 aromatic heterocycles. The van der Waals surface area contributed by atoms with Crippen molar-refractivity contribution in [2.24, 2.45) is 5.41 Å². The zero-order valence-electron chi connectivity index (χ0n) is 29.9. The molecule has 0 aliphatic heterocycles. The maximum Gasteiger partial charge on any atom is 0.254 e. The number of hydrogen-bond donors (Lipinski definition) is 5. The number of terminal acetylenes is 3. The molecule has 288 valence electrons. The molecule has 3 rings (SSSR count). The van der Waals surface area contributed by atoms with E-state index in [4.69, 9.17) is 57.2 Å². The molecule has 0 aromatic rings. The molecule has 51 heavy (non-hydrogen) atoms.